The molecule has 0 radical (unpaired) electrons. The van der Waals surface area contributed by atoms with Gasteiger partial charge >= 0.3 is 0 Å². The Balaban J connectivity index is 3.16. The first-order valence-electron chi connectivity index (χ1n) is 3.49. The highest BCUT2D eigenvalue weighted by Gasteiger charge is 2.04. The van der Waals surface area contributed by atoms with Crippen molar-refractivity contribution in [2.45, 2.75) is 0 Å². The number of halogens is 1. The van der Waals surface area contributed by atoms with Crippen molar-refractivity contribution in [2.24, 2.45) is 0 Å². The van der Waals surface area contributed by atoms with Gasteiger partial charge in [0.05, 0.1) is 23.5 Å². The van der Waals surface area contributed by atoms with Crippen LogP contribution in [0.25, 0.3) is 0 Å². The molecule has 1 aromatic rings. The zero-order chi connectivity index (χ0) is 9.14. The first-order valence-corrected chi connectivity index (χ1v) is 3.87. The topological polar surface area (TPSA) is 47.3 Å². The fraction of sp³-hybridized carbons (Fsp3) is 0.250. The number of rotatable bonds is 2. The van der Waals surface area contributed by atoms with Crippen LogP contribution in [-0.2, 0) is 0 Å². The second kappa shape index (κ2) is 3.54. The summed E-state index contributed by atoms with van der Waals surface area (Å²) in [6.07, 6.45) is 0. The average molecular weight is 187 g/mol. The molecule has 0 aliphatic rings. The third-order valence-corrected chi connectivity index (χ3v) is 1.89. The van der Waals surface area contributed by atoms with E-state index in [2.05, 4.69) is 5.32 Å². The number of methoxy groups -OCH3 is 1. The van der Waals surface area contributed by atoms with Gasteiger partial charge in [-0.15, -0.1) is 0 Å². The number of nitrogen functional groups attached to an aromatic ring is 1. The van der Waals surface area contributed by atoms with Crippen molar-refractivity contribution < 1.29 is 4.74 Å². The Morgan fingerprint density at radius 2 is 2.17 bits per heavy atom. The molecule has 0 amide bonds. The maximum absolute atomic E-state index is 5.86. The minimum absolute atomic E-state index is 0.552. The second-order valence-electron chi connectivity index (χ2n) is 2.32. The summed E-state index contributed by atoms with van der Waals surface area (Å²) in [4.78, 5) is 0. The number of ether oxygens (including phenoxy) is 1. The van der Waals surface area contributed by atoms with Gasteiger partial charge in [-0.1, -0.05) is 11.6 Å². The number of hydrogen-bond acceptors (Lipinski definition) is 3. The second-order valence-corrected chi connectivity index (χ2v) is 2.73. The summed E-state index contributed by atoms with van der Waals surface area (Å²) in [7, 11) is 3.34. The predicted octanol–water partition coefficient (Wildman–Crippen LogP) is 1.97. The largest absolute Gasteiger partial charge is 0.495 e. The Bertz CT molecular complexity index is 259. The lowest BCUT2D eigenvalue weighted by Crippen LogP contribution is -1.96. The summed E-state index contributed by atoms with van der Waals surface area (Å²) in [6, 6.07) is 3.42. The fourth-order valence-corrected chi connectivity index (χ4v) is 1.18. The highest BCUT2D eigenvalue weighted by Crippen LogP contribution is 2.32. The normalized spacial score (nSPS) is 9.58. The van der Waals surface area contributed by atoms with E-state index in [-0.39, 0.29) is 0 Å². The Morgan fingerprint density at radius 1 is 1.50 bits per heavy atom. The Morgan fingerprint density at radius 3 is 2.67 bits per heavy atom. The van der Waals surface area contributed by atoms with Gasteiger partial charge in [0, 0.05) is 13.1 Å². The van der Waals surface area contributed by atoms with Gasteiger partial charge in [-0.25, -0.2) is 0 Å². The molecule has 0 saturated heterocycles. The van der Waals surface area contributed by atoms with Crippen molar-refractivity contribution in [1.82, 2.24) is 0 Å². The van der Waals surface area contributed by atoms with Gasteiger partial charge in [0.2, 0.25) is 0 Å². The summed E-state index contributed by atoms with van der Waals surface area (Å²) in [5, 5.41) is 3.47. The molecule has 0 bridgehead atoms. The maximum Gasteiger partial charge on any atom is 0.139 e. The van der Waals surface area contributed by atoms with E-state index in [9.17, 15) is 0 Å². The minimum atomic E-state index is 0.552. The van der Waals surface area contributed by atoms with Crippen LogP contribution in [0.3, 0.4) is 0 Å². The summed E-state index contributed by atoms with van der Waals surface area (Å²) in [6.45, 7) is 0. The molecule has 0 aliphatic heterocycles. The van der Waals surface area contributed by atoms with Crippen LogP contribution >= 0.6 is 11.6 Å². The van der Waals surface area contributed by atoms with Crippen LogP contribution in [0, 0.1) is 0 Å². The summed E-state index contributed by atoms with van der Waals surface area (Å²) in [5.74, 6) is 0.591. The van der Waals surface area contributed by atoms with Gasteiger partial charge < -0.3 is 15.8 Å². The van der Waals surface area contributed by atoms with Crippen LogP contribution < -0.4 is 15.8 Å². The quantitative estimate of drug-likeness (QED) is 0.695. The molecule has 0 fully saturated rings. The van der Waals surface area contributed by atoms with Crippen molar-refractivity contribution in [3.05, 3.63) is 17.2 Å². The van der Waals surface area contributed by atoms with Crippen LogP contribution in [0.15, 0.2) is 12.1 Å². The zero-order valence-electron chi connectivity index (χ0n) is 7.02. The molecule has 3 N–H and O–H groups in total. The number of anilines is 2. The Labute approximate surface area is 76.5 Å². The number of hydrogen-bond donors (Lipinski definition) is 2. The molecule has 0 aliphatic carbocycles. The van der Waals surface area contributed by atoms with E-state index in [0.29, 0.717) is 16.5 Å². The molecule has 3 nitrogen and oxygen atoms in total. The summed E-state index contributed by atoms with van der Waals surface area (Å²) >= 11 is 5.86. The fourth-order valence-electron chi connectivity index (χ4n) is 0.942. The lowest BCUT2D eigenvalue weighted by Gasteiger charge is -2.08. The van der Waals surface area contributed by atoms with Crippen LogP contribution in [0.1, 0.15) is 0 Å². The monoisotopic (exact) mass is 186 g/mol. The highest BCUT2D eigenvalue weighted by molar-refractivity contribution is 6.32. The maximum atomic E-state index is 5.86. The molecule has 0 atom stereocenters. The Hall–Kier alpha value is -1.09. The van der Waals surface area contributed by atoms with E-state index >= 15 is 0 Å². The molecule has 1 rings (SSSR count). The summed E-state index contributed by atoms with van der Waals surface area (Å²) in [5.41, 5.74) is 7.11. The predicted molar refractivity (Wildman–Crippen MR) is 52.0 cm³/mol. The van der Waals surface area contributed by atoms with Gasteiger partial charge in [0.15, 0.2) is 0 Å². The molecule has 0 aromatic heterocycles. The van der Waals surface area contributed by atoms with Gasteiger partial charge in [-0.05, 0) is 6.07 Å². The number of nitrogens with one attached hydrogen (secondary N) is 1. The van der Waals surface area contributed by atoms with Crippen LogP contribution in [0.4, 0.5) is 11.4 Å². The average Bonchev–Trinajstić information content (AvgIpc) is 2.08. The van der Waals surface area contributed by atoms with Crippen molar-refractivity contribution in [3.63, 3.8) is 0 Å². The molecule has 0 spiro atoms. The van der Waals surface area contributed by atoms with Crippen molar-refractivity contribution in [2.75, 3.05) is 25.2 Å². The van der Waals surface area contributed by atoms with Gasteiger partial charge in [-0.2, -0.15) is 0 Å². The third-order valence-electron chi connectivity index (χ3n) is 1.59. The van der Waals surface area contributed by atoms with E-state index in [1.807, 2.05) is 0 Å². The van der Waals surface area contributed by atoms with E-state index in [0.717, 1.165) is 5.69 Å². The molecule has 4 heteroatoms. The Kier molecular flexibility index (Phi) is 2.65. The molecule has 0 unspecified atom stereocenters. The summed E-state index contributed by atoms with van der Waals surface area (Å²) < 4.78 is 4.99. The van der Waals surface area contributed by atoms with Gasteiger partial charge in [0.1, 0.15) is 5.75 Å². The van der Waals surface area contributed by atoms with E-state index in [1.165, 1.54) is 0 Å². The first kappa shape index (κ1) is 9.00. The number of benzene rings is 1. The molecule has 0 heterocycles. The smallest absolute Gasteiger partial charge is 0.139 e. The van der Waals surface area contributed by atoms with Crippen LogP contribution in [0.2, 0.25) is 5.02 Å². The zero-order valence-corrected chi connectivity index (χ0v) is 7.77. The molecule has 0 saturated carbocycles. The van der Waals surface area contributed by atoms with E-state index in [1.54, 1.807) is 26.3 Å². The lowest BCUT2D eigenvalue weighted by atomic mass is 10.2. The van der Waals surface area contributed by atoms with Gasteiger partial charge in [0.25, 0.3) is 0 Å². The molecule has 66 valence electrons. The van der Waals surface area contributed by atoms with Crippen molar-refractivity contribution in [1.29, 1.82) is 0 Å². The molecular weight excluding hydrogens is 176 g/mol. The van der Waals surface area contributed by atoms with Crippen LogP contribution in [-0.4, -0.2) is 14.2 Å². The highest BCUT2D eigenvalue weighted by atomic mass is 35.5. The molecule has 1 aromatic carbocycles. The first-order chi connectivity index (χ1) is 5.69. The minimum Gasteiger partial charge on any atom is -0.495 e. The lowest BCUT2D eigenvalue weighted by molar-refractivity contribution is 0.415. The van der Waals surface area contributed by atoms with Crippen molar-refractivity contribution >= 4 is 23.0 Å². The standard InChI is InChI=1S/C8H11ClN2O/c1-11-7-3-5(9)8(12-2)4-6(7)10/h3-4,11H,10H2,1-2H3. The number of nitrogens with two attached hydrogens (primary N) is 1. The molecule has 12 heavy (non-hydrogen) atoms. The van der Waals surface area contributed by atoms with Gasteiger partial charge in [-0.3, -0.25) is 0 Å². The van der Waals surface area contributed by atoms with Crippen LogP contribution in [0.5, 0.6) is 5.75 Å². The molecular formula is C8H11ClN2O. The third kappa shape index (κ3) is 1.56. The van der Waals surface area contributed by atoms with Crippen molar-refractivity contribution in [3.8, 4) is 5.75 Å². The SMILES string of the molecule is CNc1cc(Cl)c(OC)cc1N. The van der Waals surface area contributed by atoms with E-state index in [4.69, 9.17) is 22.1 Å². The van der Waals surface area contributed by atoms with E-state index < -0.39 is 0 Å².